The van der Waals surface area contributed by atoms with Gasteiger partial charge in [-0.15, -0.1) is 11.3 Å². The minimum atomic E-state index is -0.325. The molecule has 76 valence electrons. The number of esters is 1. The van der Waals surface area contributed by atoms with Crippen LogP contribution in [0.2, 0.25) is 0 Å². The summed E-state index contributed by atoms with van der Waals surface area (Å²) in [6, 6.07) is 5.23. The zero-order valence-corrected chi connectivity index (χ0v) is 10.5. The first-order chi connectivity index (χ1) is 7.27. The van der Waals surface area contributed by atoms with E-state index >= 15 is 0 Å². The normalized spacial score (nSPS) is 9.93. The van der Waals surface area contributed by atoms with Crippen molar-refractivity contribution in [2.75, 3.05) is 0 Å². The Kier molecular flexibility index (Phi) is 3.32. The molecule has 2 heterocycles. The molecule has 0 aliphatic rings. The predicted molar refractivity (Wildman–Crippen MR) is 66.2 cm³/mol. The summed E-state index contributed by atoms with van der Waals surface area (Å²) in [7, 11) is 0. The molecular weight excluding hydrogens is 325 g/mol. The largest absolute Gasteiger partial charge is 0.421 e. The Bertz CT molecular complexity index is 470. The molecule has 2 aromatic heterocycles. The SMILES string of the molecule is O=C(Oc1ccncc1I)c1cccs1. The van der Waals surface area contributed by atoms with Crippen molar-refractivity contribution in [1.29, 1.82) is 0 Å². The van der Waals surface area contributed by atoms with E-state index in [1.165, 1.54) is 11.3 Å². The quantitative estimate of drug-likeness (QED) is 0.627. The lowest BCUT2D eigenvalue weighted by molar-refractivity contribution is 0.0738. The van der Waals surface area contributed by atoms with Gasteiger partial charge in [-0.1, -0.05) is 6.07 Å². The van der Waals surface area contributed by atoms with Crippen LogP contribution in [0.4, 0.5) is 0 Å². The summed E-state index contributed by atoms with van der Waals surface area (Å²) in [4.78, 5) is 16.1. The van der Waals surface area contributed by atoms with Gasteiger partial charge in [-0.25, -0.2) is 4.79 Å². The highest BCUT2D eigenvalue weighted by Crippen LogP contribution is 2.20. The molecule has 0 radical (unpaired) electrons. The molecule has 3 nitrogen and oxygen atoms in total. The number of halogens is 1. The van der Waals surface area contributed by atoms with Gasteiger partial charge in [0.2, 0.25) is 0 Å². The molecule has 0 saturated carbocycles. The van der Waals surface area contributed by atoms with Gasteiger partial charge in [0, 0.05) is 18.5 Å². The average Bonchev–Trinajstić information content (AvgIpc) is 2.74. The first kappa shape index (κ1) is 10.6. The minimum absolute atomic E-state index is 0.325. The highest BCUT2D eigenvalue weighted by Gasteiger charge is 2.10. The Morgan fingerprint density at radius 3 is 3.00 bits per heavy atom. The summed E-state index contributed by atoms with van der Waals surface area (Å²) < 4.78 is 6.03. The number of nitrogens with zero attached hydrogens (tertiary/aromatic N) is 1. The lowest BCUT2D eigenvalue weighted by Gasteiger charge is -2.03. The Morgan fingerprint density at radius 1 is 1.47 bits per heavy atom. The van der Waals surface area contributed by atoms with E-state index in [2.05, 4.69) is 27.6 Å². The van der Waals surface area contributed by atoms with Crippen LogP contribution in [0, 0.1) is 3.57 Å². The molecule has 0 saturated heterocycles. The smallest absolute Gasteiger partial charge is 0.353 e. The monoisotopic (exact) mass is 331 g/mol. The molecule has 2 rings (SSSR count). The van der Waals surface area contributed by atoms with E-state index in [0.29, 0.717) is 10.6 Å². The molecule has 0 N–H and O–H groups in total. The highest BCUT2D eigenvalue weighted by atomic mass is 127. The van der Waals surface area contributed by atoms with Gasteiger partial charge in [0.1, 0.15) is 10.6 Å². The van der Waals surface area contributed by atoms with Crippen LogP contribution in [0.5, 0.6) is 5.75 Å². The standard InChI is InChI=1S/C10H6INO2S/c11-7-6-12-4-3-8(7)14-10(13)9-2-1-5-15-9/h1-6H. The number of carbonyl (C=O) groups is 1. The Balaban J connectivity index is 2.17. The summed E-state index contributed by atoms with van der Waals surface area (Å²) in [5, 5.41) is 1.84. The number of rotatable bonds is 2. The van der Waals surface area contributed by atoms with Crippen LogP contribution in [0.3, 0.4) is 0 Å². The van der Waals surface area contributed by atoms with Gasteiger partial charge >= 0.3 is 5.97 Å². The fraction of sp³-hybridized carbons (Fsp3) is 0. The zero-order chi connectivity index (χ0) is 10.7. The zero-order valence-electron chi connectivity index (χ0n) is 7.51. The summed E-state index contributed by atoms with van der Waals surface area (Å²) in [5.74, 6) is 0.220. The number of hydrogen-bond acceptors (Lipinski definition) is 4. The van der Waals surface area contributed by atoms with Crippen molar-refractivity contribution in [3.63, 3.8) is 0 Å². The van der Waals surface area contributed by atoms with Gasteiger partial charge in [-0.05, 0) is 34.0 Å². The summed E-state index contributed by atoms with van der Waals surface area (Å²) >= 11 is 3.44. The van der Waals surface area contributed by atoms with Crippen molar-refractivity contribution in [3.05, 3.63) is 44.4 Å². The van der Waals surface area contributed by atoms with E-state index in [1.54, 1.807) is 24.5 Å². The fourth-order valence-corrected chi connectivity index (χ4v) is 2.04. The number of ether oxygens (including phenoxy) is 1. The number of thiophene rings is 1. The second-order valence-corrected chi connectivity index (χ2v) is 4.78. The number of carbonyl (C=O) groups excluding carboxylic acids is 1. The van der Waals surface area contributed by atoms with E-state index in [-0.39, 0.29) is 5.97 Å². The van der Waals surface area contributed by atoms with E-state index in [1.807, 2.05) is 11.4 Å². The van der Waals surface area contributed by atoms with E-state index in [0.717, 1.165) is 3.57 Å². The van der Waals surface area contributed by atoms with E-state index in [9.17, 15) is 4.79 Å². The second kappa shape index (κ2) is 4.71. The molecule has 5 heteroatoms. The van der Waals surface area contributed by atoms with Crippen molar-refractivity contribution in [2.24, 2.45) is 0 Å². The summed E-state index contributed by atoms with van der Waals surface area (Å²) in [6.07, 6.45) is 3.25. The third kappa shape index (κ3) is 2.54. The number of pyridine rings is 1. The molecule has 0 fully saturated rings. The molecule has 0 aliphatic carbocycles. The summed E-state index contributed by atoms with van der Waals surface area (Å²) in [6.45, 7) is 0. The molecule has 0 aromatic carbocycles. The third-order valence-electron chi connectivity index (χ3n) is 1.66. The Hall–Kier alpha value is -0.950. The lowest BCUT2D eigenvalue weighted by atomic mass is 10.4. The van der Waals surface area contributed by atoms with Crippen LogP contribution in [0.25, 0.3) is 0 Å². The third-order valence-corrected chi connectivity index (χ3v) is 3.32. The van der Waals surface area contributed by atoms with Gasteiger partial charge in [0.15, 0.2) is 0 Å². The van der Waals surface area contributed by atoms with Crippen LogP contribution >= 0.6 is 33.9 Å². The number of hydrogen-bond donors (Lipinski definition) is 0. The molecule has 0 unspecified atom stereocenters. The van der Waals surface area contributed by atoms with E-state index in [4.69, 9.17) is 4.74 Å². The van der Waals surface area contributed by atoms with E-state index < -0.39 is 0 Å². The predicted octanol–water partition coefficient (Wildman–Crippen LogP) is 2.97. The highest BCUT2D eigenvalue weighted by molar-refractivity contribution is 14.1. The first-order valence-electron chi connectivity index (χ1n) is 4.12. The van der Waals surface area contributed by atoms with Crippen LogP contribution in [-0.4, -0.2) is 11.0 Å². The lowest BCUT2D eigenvalue weighted by Crippen LogP contribution is -2.07. The van der Waals surface area contributed by atoms with Crippen molar-refractivity contribution in [1.82, 2.24) is 4.98 Å². The molecule has 0 aliphatic heterocycles. The molecule has 15 heavy (non-hydrogen) atoms. The Morgan fingerprint density at radius 2 is 2.33 bits per heavy atom. The van der Waals surface area contributed by atoms with Gasteiger partial charge in [0.05, 0.1) is 3.57 Å². The maximum atomic E-state index is 11.6. The van der Waals surface area contributed by atoms with Gasteiger partial charge in [-0.3, -0.25) is 4.98 Å². The Labute approximate surface area is 104 Å². The maximum absolute atomic E-state index is 11.6. The summed E-state index contributed by atoms with van der Waals surface area (Å²) in [5.41, 5.74) is 0. The van der Waals surface area contributed by atoms with Gasteiger partial charge in [-0.2, -0.15) is 0 Å². The molecular formula is C10H6INO2S. The average molecular weight is 331 g/mol. The molecule has 0 bridgehead atoms. The molecule has 2 aromatic rings. The van der Waals surface area contributed by atoms with Crippen molar-refractivity contribution in [3.8, 4) is 5.75 Å². The van der Waals surface area contributed by atoms with Crippen LogP contribution in [0.15, 0.2) is 36.0 Å². The minimum Gasteiger partial charge on any atom is -0.421 e. The van der Waals surface area contributed by atoms with Gasteiger partial charge in [0.25, 0.3) is 0 Å². The van der Waals surface area contributed by atoms with Gasteiger partial charge < -0.3 is 4.74 Å². The molecule has 0 atom stereocenters. The second-order valence-electron chi connectivity index (χ2n) is 2.67. The maximum Gasteiger partial charge on any atom is 0.353 e. The van der Waals surface area contributed by atoms with Crippen LogP contribution in [-0.2, 0) is 0 Å². The fourth-order valence-electron chi connectivity index (χ4n) is 0.990. The topological polar surface area (TPSA) is 39.2 Å². The van der Waals surface area contributed by atoms with Crippen molar-refractivity contribution in [2.45, 2.75) is 0 Å². The molecule has 0 spiro atoms. The molecule has 0 amide bonds. The first-order valence-corrected chi connectivity index (χ1v) is 6.08. The van der Waals surface area contributed by atoms with Crippen molar-refractivity contribution >= 4 is 39.9 Å². The van der Waals surface area contributed by atoms with Crippen LogP contribution < -0.4 is 4.74 Å². The van der Waals surface area contributed by atoms with Crippen LogP contribution in [0.1, 0.15) is 9.67 Å². The van der Waals surface area contributed by atoms with Crippen molar-refractivity contribution < 1.29 is 9.53 Å². The number of aromatic nitrogens is 1.